The summed E-state index contributed by atoms with van der Waals surface area (Å²) < 4.78 is 1.46. The van der Waals surface area contributed by atoms with Crippen molar-refractivity contribution in [3.05, 3.63) is 50.3 Å². The van der Waals surface area contributed by atoms with Crippen LogP contribution in [0.5, 0.6) is 5.75 Å². The van der Waals surface area contributed by atoms with Gasteiger partial charge in [0.25, 0.3) is 11.0 Å². The number of aromatic amines is 1. The van der Waals surface area contributed by atoms with E-state index in [1.54, 1.807) is 0 Å². The summed E-state index contributed by atoms with van der Waals surface area (Å²) in [6, 6.07) is 0. The van der Waals surface area contributed by atoms with E-state index in [9.17, 15) is 19.5 Å². The Labute approximate surface area is 157 Å². The molecule has 1 aliphatic rings. The quantitative estimate of drug-likeness (QED) is 0.477. The molecule has 138 valence electrons. The minimum Gasteiger partial charge on any atom is -0.503 e. The van der Waals surface area contributed by atoms with Gasteiger partial charge >= 0.3 is 17.1 Å². The van der Waals surface area contributed by atoms with Crippen LogP contribution < -0.4 is 16.4 Å². The van der Waals surface area contributed by atoms with E-state index in [-0.39, 0.29) is 41.2 Å². The number of hydrogen-bond donors (Lipinski definition) is 2. The maximum atomic E-state index is 12.8. The van der Waals surface area contributed by atoms with Crippen molar-refractivity contribution in [2.24, 2.45) is 5.92 Å². The van der Waals surface area contributed by atoms with Crippen LogP contribution >= 0.6 is 0 Å². The Morgan fingerprint density at radius 1 is 1.20 bits per heavy atom. The summed E-state index contributed by atoms with van der Waals surface area (Å²) in [4.78, 5) is 35.9. The number of aromatic nitrogens is 2. The van der Waals surface area contributed by atoms with Gasteiger partial charge in [0.1, 0.15) is 0 Å². The summed E-state index contributed by atoms with van der Waals surface area (Å²) in [6.45, 7) is 5.64. The third-order valence-electron chi connectivity index (χ3n) is 4.54. The van der Waals surface area contributed by atoms with Gasteiger partial charge in [-0.15, -0.1) is 0 Å². The molecule has 2 N–H and O–H groups in total. The van der Waals surface area contributed by atoms with Crippen molar-refractivity contribution >= 4 is 0 Å². The first kappa shape index (κ1) is 21.5. The zero-order chi connectivity index (χ0) is 16.9. The van der Waals surface area contributed by atoms with Crippen molar-refractivity contribution < 1.29 is 22.2 Å². The van der Waals surface area contributed by atoms with Gasteiger partial charge in [0.05, 0.1) is 16.7 Å². The van der Waals surface area contributed by atoms with Gasteiger partial charge in [-0.05, 0) is 27.2 Å². The van der Waals surface area contributed by atoms with Gasteiger partial charge in [-0.25, -0.2) is 4.68 Å². The third kappa shape index (κ3) is 3.53. The summed E-state index contributed by atoms with van der Waals surface area (Å²) in [5.74, 6) is -0.180. The molecule has 0 amide bonds. The molecule has 0 spiro atoms. The number of hydrogen-bond acceptors (Lipinski definition) is 4. The smallest absolute Gasteiger partial charge is 0.503 e. The topological polar surface area (TPSA) is 92.2 Å². The van der Waals surface area contributed by atoms with Gasteiger partial charge in [-0.2, -0.15) is 12.8 Å². The van der Waals surface area contributed by atoms with Crippen LogP contribution in [-0.4, -0.2) is 14.9 Å². The van der Waals surface area contributed by atoms with Crippen LogP contribution in [0.4, 0.5) is 0 Å². The minimum absolute atomic E-state index is 0. The van der Waals surface area contributed by atoms with E-state index in [1.807, 2.05) is 20.8 Å². The molecule has 1 fully saturated rings. The molecular weight excluding hydrogens is 364 g/mol. The van der Waals surface area contributed by atoms with E-state index in [0.717, 1.165) is 19.3 Å². The molecule has 0 radical (unpaired) electrons. The predicted molar refractivity (Wildman–Crippen MR) is 93.8 cm³/mol. The normalized spacial score (nSPS) is 17.3. The Bertz CT molecular complexity index is 873. The molecule has 0 aliphatic heterocycles. The van der Waals surface area contributed by atoms with Crippen molar-refractivity contribution in [3.63, 3.8) is 0 Å². The summed E-state index contributed by atoms with van der Waals surface area (Å²) in [6.07, 6.45) is 5.91. The Morgan fingerprint density at radius 3 is 2.32 bits per heavy atom. The van der Waals surface area contributed by atoms with Crippen LogP contribution in [0.3, 0.4) is 0 Å². The standard InChI is InChI=1S/C17H21N2O4.CH3.Fe/c1-17(2,3)19-16(23)11(12-13(20)15(22)14(12)21)10(18-19)8-9-6-4-5-7-9;;/h4,9,18,20H,5-8H2,1-3H3;1H3;/q2*-1;+2. The van der Waals surface area contributed by atoms with Crippen molar-refractivity contribution in [1.29, 1.82) is 0 Å². The Balaban J connectivity index is 0.00000156. The Morgan fingerprint density at radius 2 is 1.84 bits per heavy atom. The molecule has 1 aliphatic carbocycles. The van der Waals surface area contributed by atoms with Crippen LogP contribution in [-0.2, 0) is 29.0 Å². The molecule has 3 rings (SSSR count). The molecule has 0 bridgehead atoms. The molecule has 1 unspecified atom stereocenters. The summed E-state index contributed by atoms with van der Waals surface area (Å²) >= 11 is 0. The minimum atomic E-state index is -0.914. The Hall–Kier alpha value is -1.59. The van der Waals surface area contributed by atoms with Crippen molar-refractivity contribution in [3.8, 4) is 16.9 Å². The van der Waals surface area contributed by atoms with Gasteiger partial charge in [0.2, 0.25) is 5.43 Å². The van der Waals surface area contributed by atoms with E-state index >= 15 is 0 Å². The van der Waals surface area contributed by atoms with E-state index < -0.39 is 22.1 Å². The maximum Gasteiger partial charge on any atom is 2.00 e. The Kier molecular flexibility index (Phi) is 6.30. The monoisotopic (exact) mass is 388 g/mol. The molecule has 1 aromatic carbocycles. The summed E-state index contributed by atoms with van der Waals surface area (Å²) in [5, 5.41) is 12.9. The SMILES string of the molecule is CC(C)(C)n1[nH]c(CC2C[CH-]CC2)c(-c2c(O)c(=O)c2=O)c1=O.[CH3-].[Fe+2]. The first-order chi connectivity index (χ1) is 10.7. The molecule has 1 heterocycles. The number of nitrogens with zero attached hydrogens (tertiary/aromatic N) is 1. The zero-order valence-electron chi connectivity index (χ0n) is 15.0. The average molecular weight is 388 g/mol. The molecule has 1 saturated carbocycles. The number of nitrogens with one attached hydrogen (secondary N) is 1. The third-order valence-corrected chi connectivity index (χ3v) is 4.54. The zero-order valence-corrected chi connectivity index (χ0v) is 16.1. The van der Waals surface area contributed by atoms with E-state index in [2.05, 4.69) is 11.5 Å². The van der Waals surface area contributed by atoms with Crippen LogP contribution in [0.25, 0.3) is 11.1 Å². The van der Waals surface area contributed by atoms with Crippen molar-refractivity contribution in [1.82, 2.24) is 9.78 Å². The number of aromatic hydroxyl groups is 1. The van der Waals surface area contributed by atoms with Crippen LogP contribution in [0, 0.1) is 19.8 Å². The number of H-pyrrole nitrogens is 1. The fraction of sp³-hybridized carbons (Fsp3) is 0.500. The van der Waals surface area contributed by atoms with Crippen LogP contribution in [0.1, 0.15) is 45.7 Å². The summed E-state index contributed by atoms with van der Waals surface area (Å²) in [5.41, 5.74) is -1.88. The molecule has 0 saturated heterocycles. The average Bonchev–Trinajstić information content (AvgIpc) is 3.09. The maximum absolute atomic E-state index is 12.8. The predicted octanol–water partition coefficient (Wildman–Crippen LogP) is 1.89. The molecule has 2 aromatic rings. The van der Waals surface area contributed by atoms with Gasteiger partial charge in [-0.3, -0.25) is 19.5 Å². The second kappa shape index (κ2) is 7.34. The molecule has 1 aromatic heterocycles. The summed E-state index contributed by atoms with van der Waals surface area (Å²) in [7, 11) is 0. The molecule has 7 heteroatoms. The molecule has 25 heavy (non-hydrogen) atoms. The van der Waals surface area contributed by atoms with E-state index in [0.29, 0.717) is 18.0 Å². The van der Waals surface area contributed by atoms with Crippen LogP contribution in [0.2, 0.25) is 0 Å². The second-order valence-electron chi connectivity index (χ2n) is 7.33. The largest absolute Gasteiger partial charge is 2.00 e. The van der Waals surface area contributed by atoms with Gasteiger partial charge in [0, 0.05) is 5.69 Å². The second-order valence-corrected chi connectivity index (χ2v) is 7.33. The van der Waals surface area contributed by atoms with Crippen LogP contribution in [0.15, 0.2) is 14.4 Å². The molecular formula is C18H24FeN2O4. The molecule has 1 atom stereocenters. The van der Waals surface area contributed by atoms with Gasteiger partial charge in [0.15, 0.2) is 5.75 Å². The van der Waals surface area contributed by atoms with E-state index in [1.165, 1.54) is 4.68 Å². The fourth-order valence-electron chi connectivity index (χ4n) is 3.27. The van der Waals surface area contributed by atoms with Gasteiger partial charge < -0.3 is 19.0 Å². The van der Waals surface area contributed by atoms with Crippen molar-refractivity contribution in [2.45, 2.75) is 52.0 Å². The fourth-order valence-corrected chi connectivity index (χ4v) is 3.27. The van der Waals surface area contributed by atoms with Gasteiger partial charge in [-0.1, -0.05) is 12.3 Å². The number of rotatable bonds is 3. The molecule has 6 nitrogen and oxygen atoms in total. The first-order valence-corrected chi connectivity index (χ1v) is 7.90. The first-order valence-electron chi connectivity index (χ1n) is 7.90. The van der Waals surface area contributed by atoms with E-state index in [4.69, 9.17) is 0 Å². The van der Waals surface area contributed by atoms with Crippen molar-refractivity contribution in [2.75, 3.05) is 0 Å².